The fraction of sp³-hybridized carbons (Fsp3) is 0. The molecule has 0 atom stereocenters. The van der Waals surface area contributed by atoms with Crippen LogP contribution in [0.1, 0.15) is 36.6 Å². The Morgan fingerprint density at radius 1 is 0.935 bits per heavy atom. The van der Waals surface area contributed by atoms with E-state index in [1.165, 1.54) is 36.4 Å². The van der Waals surface area contributed by atoms with Crippen LogP contribution >= 0.6 is 0 Å². The summed E-state index contributed by atoms with van der Waals surface area (Å²) in [6, 6.07) is 18.2. The molecular weight excluding hydrogens is 402 g/mol. The summed E-state index contributed by atoms with van der Waals surface area (Å²) in [5, 5.41) is 16.0. The van der Waals surface area contributed by atoms with Crippen LogP contribution in [0.15, 0.2) is 77.9 Å². The van der Waals surface area contributed by atoms with E-state index in [4.69, 9.17) is 4.74 Å². The van der Waals surface area contributed by atoms with Crippen LogP contribution in [0.2, 0.25) is 0 Å². The number of hydrazone groups is 1. The van der Waals surface area contributed by atoms with Gasteiger partial charge in [0.1, 0.15) is 0 Å². The van der Waals surface area contributed by atoms with Gasteiger partial charge >= 0.3 is 11.7 Å². The molecule has 9 nitrogen and oxygen atoms in total. The molecule has 0 saturated carbocycles. The largest absolute Gasteiger partial charge is 0.416 e. The highest BCUT2D eigenvalue weighted by Crippen LogP contribution is 2.29. The van der Waals surface area contributed by atoms with Crippen molar-refractivity contribution in [1.82, 2.24) is 5.01 Å². The maximum Gasteiger partial charge on any atom is 0.343 e. The fourth-order valence-electron chi connectivity index (χ4n) is 2.98. The van der Waals surface area contributed by atoms with Gasteiger partial charge in [0, 0.05) is 11.6 Å². The van der Waals surface area contributed by atoms with E-state index in [0.29, 0.717) is 5.01 Å². The molecule has 0 bridgehead atoms. The van der Waals surface area contributed by atoms with Crippen molar-refractivity contribution in [2.45, 2.75) is 0 Å². The van der Waals surface area contributed by atoms with Gasteiger partial charge in [-0.15, -0.1) is 0 Å². The number of ether oxygens (including phenoxy) is 1. The van der Waals surface area contributed by atoms with Crippen molar-refractivity contribution < 1.29 is 24.0 Å². The number of nitro benzene ring substituents is 1. The van der Waals surface area contributed by atoms with Gasteiger partial charge in [-0.25, -0.2) is 4.79 Å². The van der Waals surface area contributed by atoms with Gasteiger partial charge in [-0.05, 0) is 36.4 Å². The summed E-state index contributed by atoms with van der Waals surface area (Å²) in [6.07, 6.45) is 1.15. The zero-order valence-corrected chi connectivity index (χ0v) is 15.8. The Labute approximate surface area is 175 Å². The second kappa shape index (κ2) is 7.99. The lowest BCUT2D eigenvalue weighted by molar-refractivity contribution is -0.385. The zero-order valence-electron chi connectivity index (χ0n) is 15.8. The molecule has 0 fully saturated rings. The third kappa shape index (κ3) is 3.79. The first kappa shape index (κ1) is 19.6. The van der Waals surface area contributed by atoms with E-state index in [9.17, 15) is 24.5 Å². The summed E-state index contributed by atoms with van der Waals surface area (Å²) in [4.78, 5) is 47.6. The minimum atomic E-state index is -0.740. The first-order valence-electron chi connectivity index (χ1n) is 9.03. The molecular formula is C22H13N3O6. The topological polar surface area (TPSA) is 119 Å². The number of carbonyl (C=O) groups is 3. The minimum Gasteiger partial charge on any atom is -0.416 e. The molecule has 2 amide bonds. The number of amides is 2. The van der Waals surface area contributed by atoms with Gasteiger partial charge in [-0.3, -0.25) is 19.7 Å². The average molecular weight is 415 g/mol. The molecule has 0 N–H and O–H groups in total. The second-order valence-corrected chi connectivity index (χ2v) is 6.45. The van der Waals surface area contributed by atoms with Crippen LogP contribution < -0.4 is 4.74 Å². The van der Waals surface area contributed by atoms with Crippen LogP contribution in [0, 0.1) is 10.1 Å². The molecule has 1 aliphatic heterocycles. The second-order valence-electron chi connectivity index (χ2n) is 6.45. The van der Waals surface area contributed by atoms with Crippen LogP contribution in [0.25, 0.3) is 0 Å². The molecule has 0 aliphatic carbocycles. The van der Waals surface area contributed by atoms with E-state index in [1.54, 1.807) is 30.3 Å². The Balaban J connectivity index is 1.57. The zero-order chi connectivity index (χ0) is 22.0. The van der Waals surface area contributed by atoms with Gasteiger partial charge in [0.05, 0.1) is 27.8 Å². The Morgan fingerprint density at radius 2 is 1.55 bits per heavy atom. The quantitative estimate of drug-likeness (QED) is 0.157. The highest BCUT2D eigenvalue weighted by molar-refractivity contribution is 6.21. The van der Waals surface area contributed by atoms with E-state index >= 15 is 0 Å². The van der Waals surface area contributed by atoms with Gasteiger partial charge in [0.25, 0.3) is 11.8 Å². The van der Waals surface area contributed by atoms with Gasteiger partial charge < -0.3 is 4.74 Å². The number of carbonyl (C=O) groups excluding carboxylic acids is 3. The molecule has 1 heterocycles. The standard InChI is InChI=1S/C22H13N3O6/c26-20-16-8-4-5-9-17(16)21(27)24(20)23-13-14-10-11-19(18(12-14)25(29)30)31-22(28)15-6-2-1-3-7-15/h1-13H. The summed E-state index contributed by atoms with van der Waals surface area (Å²) in [5.41, 5.74) is 0.490. The lowest BCUT2D eigenvalue weighted by atomic mass is 10.1. The van der Waals surface area contributed by atoms with Gasteiger partial charge in [0.2, 0.25) is 5.75 Å². The van der Waals surface area contributed by atoms with Crippen molar-refractivity contribution in [2.75, 3.05) is 0 Å². The first-order chi connectivity index (χ1) is 15.0. The summed E-state index contributed by atoms with van der Waals surface area (Å²) in [7, 11) is 0. The maximum atomic E-state index is 12.3. The molecule has 9 heteroatoms. The van der Waals surface area contributed by atoms with E-state index in [0.717, 1.165) is 12.3 Å². The van der Waals surface area contributed by atoms with Crippen LogP contribution in [0.5, 0.6) is 5.75 Å². The number of nitrogens with zero attached hydrogens (tertiary/aromatic N) is 3. The Kier molecular flexibility index (Phi) is 5.07. The molecule has 1 aliphatic rings. The van der Waals surface area contributed by atoms with Crippen LogP contribution in [0.3, 0.4) is 0 Å². The number of fused-ring (bicyclic) bond motifs is 1. The number of hydrogen-bond donors (Lipinski definition) is 0. The number of imide groups is 1. The number of benzene rings is 3. The van der Waals surface area contributed by atoms with Gasteiger partial charge in [-0.2, -0.15) is 10.1 Å². The lowest BCUT2D eigenvalue weighted by Gasteiger charge is -2.07. The van der Waals surface area contributed by atoms with E-state index in [1.807, 2.05) is 0 Å². The van der Waals surface area contributed by atoms with Gasteiger partial charge in [0.15, 0.2) is 0 Å². The van der Waals surface area contributed by atoms with Crippen LogP contribution in [-0.2, 0) is 0 Å². The van der Waals surface area contributed by atoms with E-state index < -0.39 is 28.4 Å². The predicted molar refractivity (Wildman–Crippen MR) is 109 cm³/mol. The molecule has 3 aromatic carbocycles. The van der Waals surface area contributed by atoms with Gasteiger partial charge in [-0.1, -0.05) is 30.3 Å². The molecule has 0 aromatic heterocycles. The summed E-state index contributed by atoms with van der Waals surface area (Å²) < 4.78 is 5.16. The maximum absolute atomic E-state index is 12.3. The number of nitro groups is 1. The summed E-state index contributed by atoms with van der Waals surface area (Å²) in [5.74, 6) is -2.15. The van der Waals surface area contributed by atoms with Crippen LogP contribution in [0.4, 0.5) is 5.69 Å². The Bertz CT molecular complexity index is 1220. The Morgan fingerprint density at radius 3 is 2.16 bits per heavy atom. The minimum absolute atomic E-state index is 0.235. The molecule has 3 aromatic rings. The first-order valence-corrected chi connectivity index (χ1v) is 9.03. The highest BCUT2D eigenvalue weighted by atomic mass is 16.6. The van der Waals surface area contributed by atoms with Crippen LogP contribution in [-0.4, -0.2) is 33.9 Å². The Hall–Kier alpha value is -4.66. The van der Waals surface area contributed by atoms with Crippen molar-refractivity contribution >= 4 is 29.7 Å². The molecule has 152 valence electrons. The molecule has 0 saturated heterocycles. The molecule has 0 spiro atoms. The normalized spacial score (nSPS) is 12.8. The number of esters is 1. The molecule has 4 rings (SSSR count). The highest BCUT2D eigenvalue weighted by Gasteiger charge is 2.35. The van der Waals surface area contributed by atoms with Crippen molar-refractivity contribution in [1.29, 1.82) is 0 Å². The molecule has 0 unspecified atom stereocenters. The van der Waals surface area contributed by atoms with Crippen molar-refractivity contribution in [3.8, 4) is 5.75 Å². The van der Waals surface area contributed by atoms with Crippen molar-refractivity contribution in [3.63, 3.8) is 0 Å². The lowest BCUT2D eigenvalue weighted by Crippen LogP contribution is -2.24. The molecule has 31 heavy (non-hydrogen) atoms. The van der Waals surface area contributed by atoms with Crippen molar-refractivity contribution in [3.05, 3.63) is 105 Å². The fourth-order valence-corrected chi connectivity index (χ4v) is 2.98. The molecule has 0 radical (unpaired) electrons. The van der Waals surface area contributed by atoms with Crippen molar-refractivity contribution in [2.24, 2.45) is 5.10 Å². The third-order valence-electron chi connectivity index (χ3n) is 4.49. The SMILES string of the molecule is O=C(Oc1ccc(C=NN2C(=O)c3ccccc3C2=O)cc1[N+](=O)[O-])c1ccccc1. The number of rotatable bonds is 5. The monoisotopic (exact) mass is 415 g/mol. The predicted octanol–water partition coefficient (Wildman–Crippen LogP) is 3.44. The average Bonchev–Trinajstić information content (AvgIpc) is 3.03. The van der Waals surface area contributed by atoms with E-state index in [2.05, 4.69) is 5.10 Å². The smallest absolute Gasteiger partial charge is 0.343 e. The third-order valence-corrected chi connectivity index (χ3v) is 4.49. The number of hydrogen-bond acceptors (Lipinski definition) is 7. The summed E-state index contributed by atoms with van der Waals surface area (Å²) in [6.45, 7) is 0. The van der Waals surface area contributed by atoms with E-state index in [-0.39, 0.29) is 28.0 Å². The summed E-state index contributed by atoms with van der Waals surface area (Å²) >= 11 is 0.